The van der Waals surface area contributed by atoms with Gasteiger partial charge in [-0.25, -0.2) is 0 Å². The fourth-order valence-corrected chi connectivity index (χ4v) is 0.616. The van der Waals surface area contributed by atoms with E-state index >= 15 is 0 Å². The van der Waals surface area contributed by atoms with E-state index in [-0.39, 0.29) is 0 Å². The van der Waals surface area contributed by atoms with E-state index in [1.54, 1.807) is 0 Å². The lowest BCUT2D eigenvalue weighted by Gasteiger charge is -1.98. The first-order valence-corrected chi connectivity index (χ1v) is 3.89. The third-order valence-corrected chi connectivity index (χ3v) is 1.81. The van der Waals surface area contributed by atoms with Gasteiger partial charge in [-0.3, -0.25) is 0 Å². The van der Waals surface area contributed by atoms with Crippen molar-refractivity contribution < 1.29 is 0 Å². The minimum Gasteiger partial charge on any atom is -0.0735 e. The SMILES string of the molecule is CCC(C)=CC(C)=C(C)C. The molecule has 0 aromatic heterocycles. The Labute approximate surface area is 64.6 Å². The quantitative estimate of drug-likeness (QED) is 0.510. The summed E-state index contributed by atoms with van der Waals surface area (Å²) < 4.78 is 0. The van der Waals surface area contributed by atoms with E-state index in [1.165, 1.54) is 16.7 Å². The topological polar surface area (TPSA) is 0 Å². The molecule has 0 heterocycles. The van der Waals surface area contributed by atoms with Crippen molar-refractivity contribution in [3.8, 4) is 0 Å². The maximum atomic E-state index is 2.26. The van der Waals surface area contributed by atoms with Crippen LogP contribution in [0.2, 0.25) is 0 Å². The summed E-state index contributed by atoms with van der Waals surface area (Å²) in [6.07, 6.45) is 3.42. The van der Waals surface area contributed by atoms with E-state index in [2.05, 4.69) is 40.7 Å². The Balaban J connectivity index is 4.27. The van der Waals surface area contributed by atoms with Gasteiger partial charge in [-0.1, -0.05) is 29.7 Å². The standard InChI is InChI=1S/C10H18/c1-6-9(4)7-10(5)8(2)3/h7H,6H2,1-5H3. The Kier molecular flexibility index (Phi) is 4.10. The monoisotopic (exact) mass is 138 g/mol. The Hall–Kier alpha value is -0.520. The number of rotatable bonds is 2. The van der Waals surface area contributed by atoms with E-state index in [1.807, 2.05) is 0 Å². The number of hydrogen-bond acceptors (Lipinski definition) is 0. The van der Waals surface area contributed by atoms with Crippen LogP contribution in [0, 0.1) is 0 Å². The molecule has 0 spiro atoms. The Morgan fingerprint density at radius 3 is 1.90 bits per heavy atom. The van der Waals surface area contributed by atoms with Gasteiger partial charge in [0.25, 0.3) is 0 Å². The van der Waals surface area contributed by atoms with Crippen molar-refractivity contribution >= 4 is 0 Å². The number of hydrogen-bond donors (Lipinski definition) is 0. The molecule has 0 aromatic carbocycles. The molecule has 0 radical (unpaired) electrons. The maximum absolute atomic E-state index is 2.26. The average Bonchev–Trinajstić information content (AvgIpc) is 1.87. The van der Waals surface area contributed by atoms with Gasteiger partial charge in [0.2, 0.25) is 0 Å². The molecule has 0 saturated heterocycles. The molecule has 0 bridgehead atoms. The minimum atomic E-state index is 1.16. The molecule has 0 saturated carbocycles. The summed E-state index contributed by atoms with van der Waals surface area (Å²) >= 11 is 0. The molecule has 0 atom stereocenters. The van der Waals surface area contributed by atoms with Crippen LogP contribution in [-0.2, 0) is 0 Å². The van der Waals surface area contributed by atoms with Crippen molar-refractivity contribution in [3.63, 3.8) is 0 Å². The van der Waals surface area contributed by atoms with Gasteiger partial charge in [-0.05, 0) is 34.1 Å². The first-order valence-electron chi connectivity index (χ1n) is 3.89. The van der Waals surface area contributed by atoms with Gasteiger partial charge in [0.05, 0.1) is 0 Å². The molecule has 0 aliphatic carbocycles. The van der Waals surface area contributed by atoms with Gasteiger partial charge < -0.3 is 0 Å². The molecule has 0 unspecified atom stereocenters. The van der Waals surface area contributed by atoms with Crippen LogP contribution in [0.25, 0.3) is 0 Å². The summed E-state index contributed by atoms with van der Waals surface area (Å²) in [6, 6.07) is 0. The molecule has 10 heavy (non-hydrogen) atoms. The normalized spacial score (nSPS) is 11.5. The first kappa shape index (κ1) is 9.48. The van der Waals surface area contributed by atoms with Gasteiger partial charge in [-0.15, -0.1) is 0 Å². The minimum absolute atomic E-state index is 1.16. The van der Waals surface area contributed by atoms with Gasteiger partial charge in [0, 0.05) is 0 Å². The summed E-state index contributed by atoms with van der Waals surface area (Å²) in [5.74, 6) is 0. The van der Waals surface area contributed by atoms with Crippen molar-refractivity contribution in [2.24, 2.45) is 0 Å². The molecule has 0 aliphatic heterocycles. The highest BCUT2D eigenvalue weighted by atomic mass is 13.9. The Morgan fingerprint density at radius 2 is 1.60 bits per heavy atom. The molecule has 0 aromatic rings. The summed E-state index contributed by atoms with van der Waals surface area (Å²) in [5.41, 5.74) is 4.27. The van der Waals surface area contributed by atoms with Crippen LogP contribution in [0.15, 0.2) is 22.8 Å². The Morgan fingerprint density at radius 1 is 1.10 bits per heavy atom. The number of allylic oxidation sites excluding steroid dienone is 4. The second kappa shape index (κ2) is 4.32. The van der Waals surface area contributed by atoms with Crippen LogP contribution in [0.5, 0.6) is 0 Å². The summed E-state index contributed by atoms with van der Waals surface area (Å²) in [5, 5.41) is 0. The third kappa shape index (κ3) is 3.49. The highest BCUT2D eigenvalue weighted by Crippen LogP contribution is 2.08. The molecule has 0 amide bonds. The van der Waals surface area contributed by atoms with E-state index in [0.717, 1.165) is 6.42 Å². The zero-order chi connectivity index (χ0) is 8.15. The molecule has 0 heteroatoms. The summed E-state index contributed by atoms with van der Waals surface area (Å²) in [4.78, 5) is 0. The lowest BCUT2D eigenvalue weighted by atomic mass is 10.1. The fourth-order valence-electron chi connectivity index (χ4n) is 0.616. The van der Waals surface area contributed by atoms with Crippen molar-refractivity contribution in [2.45, 2.75) is 41.0 Å². The predicted molar refractivity (Wildman–Crippen MR) is 48.1 cm³/mol. The Bertz CT molecular complexity index is 155. The molecular formula is C10H18. The smallest absolute Gasteiger partial charge is 0.0348 e. The van der Waals surface area contributed by atoms with Crippen molar-refractivity contribution in [1.82, 2.24) is 0 Å². The lowest BCUT2D eigenvalue weighted by Crippen LogP contribution is -1.77. The summed E-state index contributed by atoms with van der Waals surface area (Å²) in [6.45, 7) is 10.8. The lowest BCUT2D eigenvalue weighted by molar-refractivity contribution is 1.09. The van der Waals surface area contributed by atoms with Crippen molar-refractivity contribution in [3.05, 3.63) is 22.8 Å². The second-order valence-electron chi connectivity index (χ2n) is 3.03. The highest BCUT2D eigenvalue weighted by molar-refractivity contribution is 5.24. The van der Waals surface area contributed by atoms with E-state index in [0.29, 0.717) is 0 Å². The predicted octanol–water partition coefficient (Wildman–Crippen LogP) is 3.70. The first-order chi connectivity index (χ1) is 4.57. The van der Waals surface area contributed by atoms with Gasteiger partial charge in [0.1, 0.15) is 0 Å². The van der Waals surface area contributed by atoms with E-state index in [4.69, 9.17) is 0 Å². The van der Waals surface area contributed by atoms with Gasteiger partial charge >= 0.3 is 0 Å². The second-order valence-corrected chi connectivity index (χ2v) is 3.03. The van der Waals surface area contributed by atoms with Crippen molar-refractivity contribution in [2.75, 3.05) is 0 Å². The van der Waals surface area contributed by atoms with Crippen LogP contribution in [0.1, 0.15) is 41.0 Å². The molecule has 0 N–H and O–H groups in total. The summed E-state index contributed by atoms with van der Waals surface area (Å²) in [7, 11) is 0. The fraction of sp³-hybridized carbons (Fsp3) is 0.600. The average molecular weight is 138 g/mol. The van der Waals surface area contributed by atoms with Crippen molar-refractivity contribution in [1.29, 1.82) is 0 Å². The zero-order valence-electron chi connectivity index (χ0n) is 7.78. The largest absolute Gasteiger partial charge is 0.0735 e. The van der Waals surface area contributed by atoms with Crippen LogP contribution < -0.4 is 0 Å². The highest BCUT2D eigenvalue weighted by Gasteiger charge is 1.87. The van der Waals surface area contributed by atoms with Crippen LogP contribution >= 0.6 is 0 Å². The molecular weight excluding hydrogens is 120 g/mol. The van der Waals surface area contributed by atoms with Gasteiger partial charge in [-0.2, -0.15) is 0 Å². The molecule has 0 aliphatic rings. The van der Waals surface area contributed by atoms with E-state index in [9.17, 15) is 0 Å². The molecule has 0 fully saturated rings. The zero-order valence-corrected chi connectivity index (χ0v) is 7.78. The third-order valence-electron chi connectivity index (χ3n) is 1.81. The van der Waals surface area contributed by atoms with Crippen LogP contribution in [-0.4, -0.2) is 0 Å². The maximum Gasteiger partial charge on any atom is -0.0348 e. The molecule has 0 rings (SSSR count). The molecule has 0 nitrogen and oxygen atoms in total. The molecule has 58 valence electrons. The van der Waals surface area contributed by atoms with E-state index < -0.39 is 0 Å². The van der Waals surface area contributed by atoms with Crippen LogP contribution in [0.3, 0.4) is 0 Å². The van der Waals surface area contributed by atoms with Gasteiger partial charge in [0.15, 0.2) is 0 Å². The van der Waals surface area contributed by atoms with Crippen LogP contribution in [0.4, 0.5) is 0 Å².